The van der Waals surface area contributed by atoms with Crippen LogP contribution in [0.2, 0.25) is 0 Å². The van der Waals surface area contributed by atoms with Gasteiger partial charge >= 0.3 is 0 Å². The standard InChI is InChI=1S/C14H21NO/c1-8-6-12(13-7-9(2)15-13)10(3)11(4)14(8)16-5/h6,9,13,15H,7H2,1-5H3. The molecule has 1 heterocycles. The first-order valence-electron chi connectivity index (χ1n) is 5.95. The maximum Gasteiger partial charge on any atom is 0.124 e. The Bertz CT molecular complexity index is 406. The molecule has 0 bridgehead atoms. The minimum absolute atomic E-state index is 0.540. The van der Waals surface area contributed by atoms with Crippen molar-refractivity contribution in [2.75, 3.05) is 7.11 Å². The molecule has 88 valence electrons. The number of nitrogens with one attached hydrogen (secondary N) is 1. The number of hydrogen-bond donors (Lipinski definition) is 1. The molecule has 1 N–H and O–H groups in total. The van der Waals surface area contributed by atoms with Gasteiger partial charge in [0.1, 0.15) is 5.75 Å². The Morgan fingerprint density at radius 1 is 1.25 bits per heavy atom. The zero-order chi connectivity index (χ0) is 11.9. The van der Waals surface area contributed by atoms with Gasteiger partial charge in [0.2, 0.25) is 0 Å². The molecule has 0 spiro atoms. The van der Waals surface area contributed by atoms with Crippen LogP contribution in [-0.4, -0.2) is 13.2 Å². The van der Waals surface area contributed by atoms with E-state index in [2.05, 4.69) is 39.1 Å². The van der Waals surface area contributed by atoms with E-state index in [-0.39, 0.29) is 0 Å². The summed E-state index contributed by atoms with van der Waals surface area (Å²) >= 11 is 0. The smallest absolute Gasteiger partial charge is 0.124 e. The normalized spacial score (nSPS) is 24.1. The van der Waals surface area contributed by atoms with E-state index in [1.54, 1.807) is 7.11 Å². The lowest BCUT2D eigenvalue weighted by atomic mass is 9.86. The van der Waals surface area contributed by atoms with Crippen LogP contribution >= 0.6 is 0 Å². The Morgan fingerprint density at radius 2 is 1.88 bits per heavy atom. The first kappa shape index (κ1) is 11.5. The monoisotopic (exact) mass is 219 g/mol. The van der Waals surface area contributed by atoms with E-state index < -0.39 is 0 Å². The van der Waals surface area contributed by atoms with Crippen LogP contribution in [0.4, 0.5) is 0 Å². The zero-order valence-electron chi connectivity index (χ0n) is 10.8. The van der Waals surface area contributed by atoms with Crippen molar-refractivity contribution in [3.63, 3.8) is 0 Å². The van der Waals surface area contributed by atoms with Crippen molar-refractivity contribution < 1.29 is 4.74 Å². The van der Waals surface area contributed by atoms with Crippen LogP contribution in [-0.2, 0) is 0 Å². The van der Waals surface area contributed by atoms with Crippen LogP contribution in [0.25, 0.3) is 0 Å². The summed E-state index contributed by atoms with van der Waals surface area (Å²) < 4.78 is 5.44. The van der Waals surface area contributed by atoms with E-state index in [1.807, 2.05) is 0 Å². The molecule has 0 amide bonds. The van der Waals surface area contributed by atoms with E-state index in [4.69, 9.17) is 4.74 Å². The van der Waals surface area contributed by atoms with Crippen LogP contribution in [0, 0.1) is 20.8 Å². The van der Waals surface area contributed by atoms with Gasteiger partial charge in [-0.15, -0.1) is 0 Å². The van der Waals surface area contributed by atoms with Crippen molar-refractivity contribution in [1.82, 2.24) is 5.32 Å². The van der Waals surface area contributed by atoms with E-state index in [0.717, 1.165) is 5.75 Å². The van der Waals surface area contributed by atoms with Gasteiger partial charge in [0.05, 0.1) is 7.11 Å². The molecular weight excluding hydrogens is 198 g/mol. The molecule has 1 aromatic carbocycles. The molecule has 1 aromatic rings. The summed E-state index contributed by atoms with van der Waals surface area (Å²) in [6, 6.07) is 3.47. The largest absolute Gasteiger partial charge is 0.496 e. The number of rotatable bonds is 2. The topological polar surface area (TPSA) is 21.3 Å². The Hall–Kier alpha value is -1.02. The highest BCUT2D eigenvalue weighted by Gasteiger charge is 2.28. The fraction of sp³-hybridized carbons (Fsp3) is 0.571. The predicted octanol–water partition coefficient (Wildman–Crippen LogP) is 3.04. The Labute approximate surface area is 98.0 Å². The van der Waals surface area contributed by atoms with Gasteiger partial charge in [-0.25, -0.2) is 0 Å². The minimum Gasteiger partial charge on any atom is -0.496 e. The molecule has 2 rings (SSSR count). The lowest BCUT2D eigenvalue weighted by Gasteiger charge is -2.37. The van der Waals surface area contributed by atoms with Gasteiger partial charge in [0, 0.05) is 12.1 Å². The SMILES string of the molecule is COc1c(C)cc(C2CC(C)N2)c(C)c1C. The number of benzene rings is 1. The van der Waals surface area contributed by atoms with Crippen LogP contribution in [0.3, 0.4) is 0 Å². The van der Waals surface area contributed by atoms with Crippen molar-refractivity contribution in [3.05, 3.63) is 28.3 Å². The van der Waals surface area contributed by atoms with Crippen molar-refractivity contribution in [3.8, 4) is 5.75 Å². The van der Waals surface area contributed by atoms with E-state index in [9.17, 15) is 0 Å². The van der Waals surface area contributed by atoms with Gasteiger partial charge in [0.15, 0.2) is 0 Å². The molecule has 2 nitrogen and oxygen atoms in total. The van der Waals surface area contributed by atoms with Crippen molar-refractivity contribution in [2.45, 2.75) is 46.2 Å². The van der Waals surface area contributed by atoms with Crippen LogP contribution in [0.15, 0.2) is 6.07 Å². The molecule has 2 unspecified atom stereocenters. The molecular formula is C14H21NO. The summed E-state index contributed by atoms with van der Waals surface area (Å²) in [6.45, 7) is 8.69. The van der Waals surface area contributed by atoms with Gasteiger partial charge in [-0.05, 0) is 56.4 Å². The molecule has 0 aromatic heterocycles. The summed E-state index contributed by atoms with van der Waals surface area (Å²) in [5.41, 5.74) is 5.32. The lowest BCUT2D eigenvalue weighted by molar-refractivity contribution is 0.286. The third-order valence-electron chi connectivity index (χ3n) is 3.72. The second-order valence-corrected chi connectivity index (χ2v) is 4.92. The van der Waals surface area contributed by atoms with Crippen molar-refractivity contribution in [2.24, 2.45) is 0 Å². The van der Waals surface area contributed by atoms with Gasteiger partial charge in [-0.3, -0.25) is 0 Å². The fourth-order valence-corrected chi connectivity index (χ4v) is 2.65. The lowest BCUT2D eigenvalue weighted by Crippen LogP contribution is -2.44. The molecule has 16 heavy (non-hydrogen) atoms. The van der Waals surface area contributed by atoms with Gasteiger partial charge in [-0.1, -0.05) is 6.07 Å². The number of methoxy groups -OCH3 is 1. The molecule has 0 saturated carbocycles. The fourth-order valence-electron chi connectivity index (χ4n) is 2.65. The van der Waals surface area contributed by atoms with E-state index in [1.165, 1.54) is 28.7 Å². The predicted molar refractivity (Wildman–Crippen MR) is 67.2 cm³/mol. The Morgan fingerprint density at radius 3 is 2.38 bits per heavy atom. The second-order valence-electron chi connectivity index (χ2n) is 4.92. The summed E-state index contributed by atoms with van der Waals surface area (Å²) in [5, 5.41) is 3.55. The minimum atomic E-state index is 0.540. The molecule has 2 atom stereocenters. The first-order valence-corrected chi connectivity index (χ1v) is 5.95. The molecule has 2 heteroatoms. The molecule has 0 aliphatic carbocycles. The number of aryl methyl sites for hydroxylation is 1. The Balaban J connectivity index is 2.40. The van der Waals surface area contributed by atoms with Crippen LogP contribution in [0.5, 0.6) is 5.75 Å². The first-order chi connectivity index (χ1) is 7.54. The second kappa shape index (κ2) is 4.10. The quantitative estimate of drug-likeness (QED) is 0.825. The number of hydrogen-bond acceptors (Lipinski definition) is 2. The molecule has 1 aliphatic heterocycles. The average Bonchev–Trinajstić information content (AvgIpc) is 2.20. The average molecular weight is 219 g/mol. The maximum absolute atomic E-state index is 5.44. The number of ether oxygens (including phenoxy) is 1. The van der Waals surface area contributed by atoms with E-state index >= 15 is 0 Å². The molecule has 1 aliphatic rings. The molecule has 1 saturated heterocycles. The highest BCUT2D eigenvalue weighted by molar-refractivity contribution is 5.50. The van der Waals surface area contributed by atoms with Crippen LogP contribution < -0.4 is 10.1 Å². The maximum atomic E-state index is 5.44. The van der Waals surface area contributed by atoms with Gasteiger partial charge in [-0.2, -0.15) is 0 Å². The summed E-state index contributed by atoms with van der Waals surface area (Å²) in [5.74, 6) is 1.04. The Kier molecular flexibility index (Phi) is 2.94. The van der Waals surface area contributed by atoms with Crippen molar-refractivity contribution >= 4 is 0 Å². The third-order valence-corrected chi connectivity index (χ3v) is 3.72. The summed E-state index contributed by atoms with van der Waals surface area (Å²) in [7, 11) is 1.75. The zero-order valence-corrected chi connectivity index (χ0v) is 10.8. The molecule has 1 fully saturated rings. The van der Waals surface area contributed by atoms with Gasteiger partial charge < -0.3 is 10.1 Å². The van der Waals surface area contributed by atoms with Crippen LogP contribution in [0.1, 0.15) is 41.6 Å². The summed E-state index contributed by atoms with van der Waals surface area (Å²) in [4.78, 5) is 0. The van der Waals surface area contributed by atoms with E-state index in [0.29, 0.717) is 12.1 Å². The third kappa shape index (κ3) is 1.71. The van der Waals surface area contributed by atoms with Crippen molar-refractivity contribution in [1.29, 1.82) is 0 Å². The summed E-state index contributed by atoms with van der Waals surface area (Å²) in [6.07, 6.45) is 1.24. The highest BCUT2D eigenvalue weighted by Crippen LogP contribution is 2.36. The molecule has 0 radical (unpaired) electrons. The van der Waals surface area contributed by atoms with Gasteiger partial charge in [0.25, 0.3) is 0 Å². The highest BCUT2D eigenvalue weighted by atomic mass is 16.5.